The molecule has 0 radical (unpaired) electrons. The van der Waals surface area contributed by atoms with Crippen LogP contribution in [-0.4, -0.2) is 53.2 Å². The lowest BCUT2D eigenvalue weighted by molar-refractivity contribution is -0.137. The van der Waals surface area contributed by atoms with Crippen LogP contribution in [0.1, 0.15) is 42.4 Å². The van der Waals surface area contributed by atoms with Crippen molar-refractivity contribution in [2.24, 2.45) is 0 Å². The van der Waals surface area contributed by atoms with Crippen molar-refractivity contribution >= 4 is 29.1 Å². The number of Topliss-reactive ketones (excluding diaryl/α,β-unsaturated/α-hetero) is 1. The smallest absolute Gasteiger partial charge is 0.317 e. The van der Waals surface area contributed by atoms with Crippen LogP contribution in [-0.2, 0) is 23.9 Å². The molecule has 0 bridgehead atoms. The number of benzene rings is 2. The molecule has 0 saturated carbocycles. The Balaban J connectivity index is 1.81. The zero-order valence-electron chi connectivity index (χ0n) is 20.6. The van der Waals surface area contributed by atoms with Crippen molar-refractivity contribution in [2.45, 2.75) is 50.9 Å². The van der Waals surface area contributed by atoms with Crippen molar-refractivity contribution in [3.63, 3.8) is 0 Å². The van der Waals surface area contributed by atoms with Crippen LogP contribution in [0.5, 0.6) is 0 Å². The number of unbranched alkanes of at least 4 members (excludes halogenated alkanes) is 1. The molecular weight excluding hydrogens is 503 g/mol. The number of hydrogen-bond acceptors (Lipinski definition) is 3. The predicted octanol–water partition coefficient (Wildman–Crippen LogP) is 5.97. The topological polar surface area (TPSA) is 52.7 Å². The lowest BCUT2D eigenvalue weighted by Gasteiger charge is -2.39. The number of carbonyl (C=O) groups excluding carboxylic acids is 2. The van der Waals surface area contributed by atoms with E-state index in [1.165, 1.54) is 12.1 Å². The molecule has 1 saturated heterocycles. The second-order valence-corrected chi connectivity index (χ2v) is 9.40. The van der Waals surface area contributed by atoms with Gasteiger partial charge in [0.25, 0.3) is 0 Å². The SMILES string of the molecule is C#CCCCN1CCC(N(Cc2ccccc2CC(=O)CCl)C(=O)Nc2cccc(C(F)(F)F)c2)CC1. The average molecular weight is 534 g/mol. The number of urea groups is 1. The number of nitrogens with one attached hydrogen (secondary N) is 1. The number of likely N-dealkylation sites (tertiary alicyclic amines) is 1. The monoisotopic (exact) mass is 533 g/mol. The van der Waals surface area contributed by atoms with Gasteiger partial charge in [0.15, 0.2) is 5.78 Å². The van der Waals surface area contributed by atoms with Crippen molar-refractivity contribution in [1.82, 2.24) is 9.80 Å². The summed E-state index contributed by atoms with van der Waals surface area (Å²) in [5, 5.41) is 2.66. The molecule has 3 rings (SSSR count). The number of ketones is 1. The summed E-state index contributed by atoms with van der Waals surface area (Å²) in [4.78, 5) is 29.5. The number of hydrogen-bond donors (Lipinski definition) is 1. The van der Waals surface area contributed by atoms with Gasteiger partial charge in [-0.15, -0.1) is 23.9 Å². The highest BCUT2D eigenvalue weighted by Crippen LogP contribution is 2.31. The van der Waals surface area contributed by atoms with Crippen LogP contribution in [0, 0.1) is 12.3 Å². The third-order valence-corrected chi connectivity index (χ3v) is 6.79. The number of terminal acetylenes is 1. The van der Waals surface area contributed by atoms with Crippen molar-refractivity contribution < 1.29 is 22.8 Å². The summed E-state index contributed by atoms with van der Waals surface area (Å²) in [7, 11) is 0. The number of carbonyl (C=O) groups is 2. The molecule has 0 spiro atoms. The van der Waals surface area contributed by atoms with Gasteiger partial charge in [0, 0.05) is 44.2 Å². The maximum absolute atomic E-state index is 13.5. The van der Waals surface area contributed by atoms with Crippen molar-refractivity contribution in [3.05, 3.63) is 65.2 Å². The molecule has 9 heteroatoms. The average Bonchev–Trinajstić information content (AvgIpc) is 2.88. The fourth-order valence-corrected chi connectivity index (χ4v) is 4.62. The van der Waals surface area contributed by atoms with Gasteiger partial charge in [-0.2, -0.15) is 13.2 Å². The van der Waals surface area contributed by atoms with Crippen LogP contribution in [0.2, 0.25) is 0 Å². The predicted molar refractivity (Wildman–Crippen MR) is 139 cm³/mol. The molecule has 198 valence electrons. The number of nitrogens with zero attached hydrogens (tertiary/aromatic N) is 2. The summed E-state index contributed by atoms with van der Waals surface area (Å²) in [5.74, 6) is 2.41. The zero-order valence-corrected chi connectivity index (χ0v) is 21.3. The highest BCUT2D eigenvalue weighted by Gasteiger charge is 2.32. The molecule has 0 aliphatic carbocycles. The van der Waals surface area contributed by atoms with E-state index in [2.05, 4.69) is 16.1 Å². The Morgan fingerprint density at radius 1 is 1.11 bits per heavy atom. The van der Waals surface area contributed by atoms with E-state index in [9.17, 15) is 22.8 Å². The third-order valence-electron chi connectivity index (χ3n) is 6.49. The van der Waals surface area contributed by atoms with E-state index in [0.29, 0.717) is 6.42 Å². The van der Waals surface area contributed by atoms with Crippen molar-refractivity contribution in [1.29, 1.82) is 0 Å². The summed E-state index contributed by atoms with van der Waals surface area (Å²) in [6.45, 7) is 2.68. The number of halogens is 4. The normalized spacial score (nSPS) is 14.7. The molecular formula is C28H31ClF3N3O2. The van der Waals surface area contributed by atoms with Gasteiger partial charge >= 0.3 is 12.2 Å². The second kappa shape index (κ2) is 13.5. The highest BCUT2D eigenvalue weighted by molar-refractivity contribution is 6.27. The van der Waals surface area contributed by atoms with Crippen molar-refractivity contribution in [3.8, 4) is 12.3 Å². The largest absolute Gasteiger partial charge is 0.416 e. The van der Waals surface area contributed by atoms with Crippen LogP contribution in [0.3, 0.4) is 0 Å². The van der Waals surface area contributed by atoms with E-state index in [4.69, 9.17) is 18.0 Å². The first-order valence-electron chi connectivity index (χ1n) is 12.3. The molecule has 1 heterocycles. The zero-order chi connectivity index (χ0) is 26.8. The first-order valence-corrected chi connectivity index (χ1v) is 12.8. The van der Waals surface area contributed by atoms with Crippen LogP contribution in [0.25, 0.3) is 0 Å². The van der Waals surface area contributed by atoms with Gasteiger partial charge in [-0.25, -0.2) is 4.79 Å². The number of anilines is 1. The molecule has 2 aromatic carbocycles. The number of piperidine rings is 1. The molecule has 1 N–H and O–H groups in total. The van der Waals surface area contributed by atoms with E-state index in [1.807, 2.05) is 24.3 Å². The molecule has 2 aromatic rings. The van der Waals surface area contributed by atoms with Gasteiger partial charge in [-0.3, -0.25) is 4.79 Å². The summed E-state index contributed by atoms with van der Waals surface area (Å²) in [6, 6.07) is 11.3. The minimum atomic E-state index is -4.51. The fraction of sp³-hybridized carbons (Fsp3) is 0.429. The van der Waals surface area contributed by atoms with Gasteiger partial charge < -0.3 is 15.1 Å². The molecule has 0 atom stereocenters. The summed E-state index contributed by atoms with van der Waals surface area (Å²) in [5.41, 5.74) is 0.817. The molecule has 1 fully saturated rings. The van der Waals surface area contributed by atoms with Gasteiger partial charge in [0.05, 0.1) is 11.4 Å². The number of rotatable bonds is 10. The van der Waals surface area contributed by atoms with E-state index >= 15 is 0 Å². The van der Waals surface area contributed by atoms with Crippen LogP contribution < -0.4 is 5.32 Å². The van der Waals surface area contributed by atoms with Gasteiger partial charge in [-0.05, 0) is 55.1 Å². The van der Waals surface area contributed by atoms with Gasteiger partial charge in [0.1, 0.15) is 0 Å². The standard InChI is InChI=1S/C28H31ClF3N3O2/c1-2-3-6-14-34-15-12-25(13-16-34)35(20-22-9-5-4-8-21(22)17-26(36)19-29)27(37)33-24-11-7-10-23(18-24)28(30,31)32/h1,4-5,7-11,18,25H,3,6,12-17,19-20H2,(H,33,37). The quantitative estimate of drug-likeness (QED) is 0.233. The second-order valence-electron chi connectivity index (χ2n) is 9.13. The first-order chi connectivity index (χ1) is 17.7. The highest BCUT2D eigenvalue weighted by atomic mass is 35.5. The van der Waals surface area contributed by atoms with E-state index in [1.54, 1.807) is 4.90 Å². The summed E-state index contributed by atoms with van der Waals surface area (Å²) >= 11 is 5.71. The Morgan fingerprint density at radius 3 is 2.46 bits per heavy atom. The maximum atomic E-state index is 13.5. The van der Waals surface area contributed by atoms with Crippen LogP contribution >= 0.6 is 11.6 Å². The molecule has 2 amide bonds. The lowest BCUT2D eigenvalue weighted by Crippen LogP contribution is -2.48. The Kier molecular flexibility index (Phi) is 10.4. The minimum Gasteiger partial charge on any atom is -0.317 e. The lowest BCUT2D eigenvalue weighted by atomic mass is 9.99. The van der Waals surface area contributed by atoms with Crippen molar-refractivity contribution in [2.75, 3.05) is 30.8 Å². The molecule has 37 heavy (non-hydrogen) atoms. The molecule has 1 aliphatic heterocycles. The number of amides is 2. The molecule has 1 aliphatic rings. The van der Waals surface area contributed by atoms with E-state index in [0.717, 1.165) is 62.2 Å². The molecule has 0 unspecified atom stereocenters. The van der Waals surface area contributed by atoms with Gasteiger partial charge in [-0.1, -0.05) is 30.3 Å². The van der Waals surface area contributed by atoms with E-state index < -0.39 is 17.8 Å². The maximum Gasteiger partial charge on any atom is 0.416 e. The Labute approximate surface area is 221 Å². The van der Waals surface area contributed by atoms with E-state index in [-0.39, 0.29) is 36.4 Å². The minimum absolute atomic E-state index is 0.0714. The third kappa shape index (κ3) is 8.51. The Morgan fingerprint density at radius 2 is 1.81 bits per heavy atom. The van der Waals surface area contributed by atoms with Crippen LogP contribution in [0.15, 0.2) is 48.5 Å². The fourth-order valence-electron chi connectivity index (χ4n) is 4.52. The molecule has 5 nitrogen and oxygen atoms in total. The van der Waals surface area contributed by atoms with Gasteiger partial charge in [0.2, 0.25) is 0 Å². The number of alkyl halides is 4. The Hall–Kier alpha value is -3.02. The van der Waals surface area contributed by atoms with Crippen LogP contribution in [0.4, 0.5) is 23.7 Å². The molecule has 0 aromatic heterocycles. The Bertz CT molecular complexity index is 1110. The summed E-state index contributed by atoms with van der Waals surface area (Å²) < 4.78 is 39.6. The summed E-state index contributed by atoms with van der Waals surface area (Å²) in [6.07, 6.45) is 4.04. The first kappa shape index (κ1) is 28.5.